The van der Waals surface area contributed by atoms with Gasteiger partial charge in [0.05, 0.1) is 7.18 Å². The second-order valence-electron chi connectivity index (χ2n) is 5.60. The van der Waals surface area contributed by atoms with E-state index >= 15 is 0 Å². The van der Waals surface area contributed by atoms with Gasteiger partial charge in [0.15, 0.2) is 11.6 Å². The molecule has 25 heavy (non-hydrogen) atoms. The second-order valence-corrected chi connectivity index (χ2v) is 5.60. The number of alkyl halides is 1. The molecular formula is C22H21F3. The molecule has 0 aliphatic heterocycles. The van der Waals surface area contributed by atoms with Gasteiger partial charge in [-0.2, -0.15) is 0 Å². The van der Waals surface area contributed by atoms with Crippen LogP contribution in [0.15, 0.2) is 66.7 Å². The standard InChI is InChI=1S/C21H18F2.CH3F/c1-2-6-15-9-11-17(12-10-15)19-14-13-18(20(22)21(19)23)16-7-4-3-5-8-16;1-2/h3-5,7-14H,2,6H2,1H3;1H3. The Labute approximate surface area is 147 Å². The fraction of sp³-hybridized carbons (Fsp3) is 0.182. The van der Waals surface area contributed by atoms with E-state index in [1.807, 2.05) is 42.5 Å². The summed E-state index contributed by atoms with van der Waals surface area (Å²) in [5, 5.41) is 0. The first-order chi connectivity index (χ1) is 12.2. The summed E-state index contributed by atoms with van der Waals surface area (Å²) in [6.07, 6.45) is 2.05. The van der Waals surface area contributed by atoms with Gasteiger partial charge in [0.25, 0.3) is 0 Å². The number of hydrogen-bond acceptors (Lipinski definition) is 0. The first-order valence-electron chi connectivity index (χ1n) is 8.21. The van der Waals surface area contributed by atoms with E-state index in [1.54, 1.807) is 24.3 Å². The van der Waals surface area contributed by atoms with Gasteiger partial charge in [0.1, 0.15) is 0 Å². The predicted octanol–water partition coefficient (Wildman–Crippen LogP) is 6.84. The van der Waals surface area contributed by atoms with Crippen LogP contribution in [0.5, 0.6) is 0 Å². The van der Waals surface area contributed by atoms with Gasteiger partial charge < -0.3 is 0 Å². The molecule has 3 aromatic carbocycles. The van der Waals surface area contributed by atoms with Crippen molar-refractivity contribution in [2.24, 2.45) is 0 Å². The molecule has 0 fully saturated rings. The van der Waals surface area contributed by atoms with Crippen molar-refractivity contribution in [1.82, 2.24) is 0 Å². The highest BCUT2D eigenvalue weighted by Gasteiger charge is 2.15. The maximum atomic E-state index is 14.5. The highest BCUT2D eigenvalue weighted by atomic mass is 19.2. The molecule has 0 amide bonds. The van der Waals surface area contributed by atoms with Crippen LogP contribution in [0.2, 0.25) is 0 Å². The molecule has 0 saturated carbocycles. The normalized spacial score (nSPS) is 10.1. The van der Waals surface area contributed by atoms with Crippen molar-refractivity contribution in [2.75, 3.05) is 7.18 Å². The minimum Gasteiger partial charge on any atom is -0.255 e. The van der Waals surface area contributed by atoms with Crippen molar-refractivity contribution >= 4 is 0 Å². The molecule has 0 heterocycles. The molecule has 0 saturated heterocycles. The average molecular weight is 342 g/mol. The lowest BCUT2D eigenvalue weighted by atomic mass is 9.98. The lowest BCUT2D eigenvalue weighted by Crippen LogP contribution is -1.94. The Kier molecular flexibility index (Phi) is 6.81. The average Bonchev–Trinajstić information content (AvgIpc) is 2.67. The third kappa shape index (κ3) is 4.30. The van der Waals surface area contributed by atoms with Gasteiger partial charge in [-0.1, -0.05) is 80.1 Å². The van der Waals surface area contributed by atoms with Crippen molar-refractivity contribution in [3.05, 3.63) is 83.9 Å². The summed E-state index contributed by atoms with van der Waals surface area (Å²) < 4.78 is 38.5. The van der Waals surface area contributed by atoms with Gasteiger partial charge in [-0.15, -0.1) is 0 Å². The van der Waals surface area contributed by atoms with Crippen LogP contribution in [0.3, 0.4) is 0 Å². The van der Waals surface area contributed by atoms with Gasteiger partial charge in [0.2, 0.25) is 0 Å². The second kappa shape index (κ2) is 9.07. The molecule has 3 rings (SSSR count). The van der Waals surface area contributed by atoms with Crippen LogP contribution in [0.1, 0.15) is 18.9 Å². The Morgan fingerprint density at radius 2 is 1.12 bits per heavy atom. The Bertz CT molecular complexity index is 794. The lowest BCUT2D eigenvalue weighted by Gasteiger charge is -2.10. The first-order valence-corrected chi connectivity index (χ1v) is 8.21. The number of hydrogen-bond donors (Lipinski definition) is 0. The van der Waals surface area contributed by atoms with Gasteiger partial charge in [-0.25, -0.2) is 8.78 Å². The quantitative estimate of drug-likeness (QED) is 0.487. The van der Waals surface area contributed by atoms with Crippen LogP contribution in [0, 0.1) is 11.6 Å². The van der Waals surface area contributed by atoms with Crippen molar-refractivity contribution in [1.29, 1.82) is 0 Å². The zero-order valence-electron chi connectivity index (χ0n) is 14.4. The molecule has 0 aliphatic rings. The van der Waals surface area contributed by atoms with Crippen LogP contribution in [-0.4, -0.2) is 7.18 Å². The molecule has 0 aliphatic carbocycles. The fourth-order valence-corrected chi connectivity index (χ4v) is 2.75. The number of benzene rings is 3. The van der Waals surface area contributed by atoms with E-state index in [2.05, 4.69) is 6.92 Å². The molecular weight excluding hydrogens is 321 g/mol. The summed E-state index contributed by atoms with van der Waals surface area (Å²) in [5.41, 5.74) is 3.16. The number of halogens is 3. The molecule has 0 nitrogen and oxygen atoms in total. The molecule has 0 N–H and O–H groups in total. The zero-order chi connectivity index (χ0) is 18.2. The molecule has 0 aromatic heterocycles. The number of aryl methyl sites for hydroxylation is 1. The summed E-state index contributed by atoms with van der Waals surface area (Å²) >= 11 is 0. The smallest absolute Gasteiger partial charge is 0.167 e. The maximum absolute atomic E-state index is 14.5. The minimum absolute atomic E-state index is 0.287. The lowest BCUT2D eigenvalue weighted by molar-refractivity contribution is 0.514. The van der Waals surface area contributed by atoms with Gasteiger partial charge in [-0.05, 0) is 23.1 Å². The summed E-state index contributed by atoms with van der Waals surface area (Å²) in [4.78, 5) is 0. The predicted molar refractivity (Wildman–Crippen MR) is 98.3 cm³/mol. The van der Waals surface area contributed by atoms with Crippen LogP contribution >= 0.6 is 0 Å². The Morgan fingerprint density at radius 1 is 0.640 bits per heavy atom. The molecule has 3 heteroatoms. The van der Waals surface area contributed by atoms with Gasteiger partial charge >= 0.3 is 0 Å². The van der Waals surface area contributed by atoms with E-state index in [4.69, 9.17) is 0 Å². The Morgan fingerprint density at radius 3 is 1.60 bits per heavy atom. The van der Waals surface area contributed by atoms with Crippen LogP contribution in [0.25, 0.3) is 22.3 Å². The number of rotatable bonds is 4. The summed E-state index contributed by atoms with van der Waals surface area (Å²) in [6.45, 7) is 2.12. The molecule has 130 valence electrons. The third-order valence-electron chi connectivity index (χ3n) is 3.97. The van der Waals surface area contributed by atoms with Crippen molar-refractivity contribution in [3.63, 3.8) is 0 Å². The van der Waals surface area contributed by atoms with Crippen molar-refractivity contribution < 1.29 is 13.2 Å². The third-order valence-corrected chi connectivity index (χ3v) is 3.97. The minimum atomic E-state index is -0.800. The van der Waals surface area contributed by atoms with Crippen LogP contribution < -0.4 is 0 Å². The highest BCUT2D eigenvalue weighted by molar-refractivity contribution is 5.71. The molecule has 0 spiro atoms. The SMILES string of the molecule is CCCc1ccc(-c2ccc(-c3ccccc3)c(F)c2F)cc1.CF. The van der Waals surface area contributed by atoms with Crippen LogP contribution in [0.4, 0.5) is 13.2 Å². The first kappa shape index (κ1) is 18.8. The molecule has 3 aromatic rings. The molecule has 0 radical (unpaired) electrons. The van der Waals surface area contributed by atoms with Crippen molar-refractivity contribution in [2.45, 2.75) is 19.8 Å². The summed E-state index contributed by atoms with van der Waals surface area (Å²) in [6, 6.07) is 20.0. The highest BCUT2D eigenvalue weighted by Crippen LogP contribution is 2.31. The van der Waals surface area contributed by atoms with E-state index in [1.165, 1.54) is 5.56 Å². The van der Waals surface area contributed by atoms with E-state index in [9.17, 15) is 13.2 Å². The van der Waals surface area contributed by atoms with Crippen LogP contribution in [-0.2, 0) is 6.42 Å². The Balaban J connectivity index is 0.00000109. The van der Waals surface area contributed by atoms with E-state index in [-0.39, 0.29) is 5.56 Å². The van der Waals surface area contributed by atoms with Gasteiger partial charge in [0, 0.05) is 11.1 Å². The Hall–Kier alpha value is -2.55. The summed E-state index contributed by atoms with van der Waals surface area (Å²) in [7, 11) is 0.500. The largest absolute Gasteiger partial charge is 0.255 e. The topological polar surface area (TPSA) is 0 Å². The molecule has 0 unspecified atom stereocenters. The monoisotopic (exact) mass is 342 g/mol. The maximum Gasteiger partial charge on any atom is 0.167 e. The van der Waals surface area contributed by atoms with E-state index in [0.717, 1.165) is 12.8 Å². The van der Waals surface area contributed by atoms with Gasteiger partial charge in [-0.3, -0.25) is 4.39 Å². The van der Waals surface area contributed by atoms with E-state index in [0.29, 0.717) is 23.9 Å². The molecule has 0 atom stereocenters. The molecule has 0 bridgehead atoms. The fourth-order valence-electron chi connectivity index (χ4n) is 2.75. The van der Waals surface area contributed by atoms with E-state index < -0.39 is 11.6 Å². The summed E-state index contributed by atoms with van der Waals surface area (Å²) in [5.74, 6) is -1.60. The zero-order valence-corrected chi connectivity index (χ0v) is 14.4. The van der Waals surface area contributed by atoms with Crippen molar-refractivity contribution in [3.8, 4) is 22.3 Å².